The van der Waals surface area contributed by atoms with Crippen LogP contribution in [0.1, 0.15) is 21.5 Å². The highest BCUT2D eigenvalue weighted by atomic mass is 16.5. The van der Waals surface area contributed by atoms with Crippen molar-refractivity contribution in [2.24, 2.45) is 5.73 Å². The van der Waals surface area contributed by atoms with Crippen molar-refractivity contribution < 1.29 is 9.53 Å². The summed E-state index contributed by atoms with van der Waals surface area (Å²) in [5.41, 5.74) is 11.7. The van der Waals surface area contributed by atoms with Crippen molar-refractivity contribution in [1.82, 2.24) is 9.88 Å². The predicted octanol–water partition coefficient (Wildman–Crippen LogP) is 3.45. The normalized spacial score (nSPS) is 14.6. The molecule has 3 aromatic rings. The number of anilines is 3. The number of aromatic nitrogens is 1. The zero-order valence-corrected chi connectivity index (χ0v) is 18.5. The summed E-state index contributed by atoms with van der Waals surface area (Å²) in [6, 6.07) is 10.1. The maximum absolute atomic E-state index is 12.3. The standard InChI is InChI=1S/C24H29N5O2/c1-15-6-5-7-16(2)22(15)27-23-17-12-20(29-10-8-28(3)9-11-29)21(31-4)13-19(17)26-14-18(23)24(25)30/h5-7,12-14H,8-11H2,1-4H3,(H2,25,30)(H,26,27). The number of hydrogen-bond donors (Lipinski definition) is 2. The van der Waals surface area contributed by atoms with Gasteiger partial charge in [0.25, 0.3) is 5.91 Å². The lowest BCUT2D eigenvalue weighted by Crippen LogP contribution is -2.44. The number of fused-ring (bicyclic) bond motifs is 1. The molecule has 0 aliphatic carbocycles. The van der Waals surface area contributed by atoms with E-state index in [-0.39, 0.29) is 0 Å². The van der Waals surface area contributed by atoms with Crippen LogP contribution in [0.2, 0.25) is 0 Å². The molecule has 7 nitrogen and oxygen atoms in total. The van der Waals surface area contributed by atoms with Crippen molar-refractivity contribution in [1.29, 1.82) is 0 Å². The van der Waals surface area contributed by atoms with Gasteiger partial charge in [0.1, 0.15) is 5.75 Å². The highest BCUT2D eigenvalue weighted by Crippen LogP contribution is 2.38. The Morgan fingerprint density at radius 2 is 1.77 bits per heavy atom. The van der Waals surface area contributed by atoms with E-state index in [4.69, 9.17) is 10.5 Å². The van der Waals surface area contributed by atoms with E-state index >= 15 is 0 Å². The van der Waals surface area contributed by atoms with Crippen LogP contribution in [0.25, 0.3) is 10.9 Å². The summed E-state index contributed by atoms with van der Waals surface area (Å²) < 4.78 is 5.70. The van der Waals surface area contributed by atoms with Crippen LogP contribution in [0.3, 0.4) is 0 Å². The molecule has 1 amide bonds. The van der Waals surface area contributed by atoms with Gasteiger partial charge in [0.15, 0.2) is 0 Å². The fraction of sp³-hybridized carbons (Fsp3) is 0.333. The fourth-order valence-corrected chi connectivity index (χ4v) is 4.12. The fourth-order valence-electron chi connectivity index (χ4n) is 4.12. The lowest BCUT2D eigenvalue weighted by Gasteiger charge is -2.35. The SMILES string of the molecule is COc1cc2ncc(C(N)=O)c(Nc3c(C)cccc3C)c2cc1N1CCN(C)CC1. The van der Waals surface area contributed by atoms with E-state index in [1.165, 1.54) is 6.20 Å². The minimum atomic E-state index is -0.514. The highest BCUT2D eigenvalue weighted by Gasteiger charge is 2.22. The Balaban J connectivity index is 1.91. The molecule has 1 aliphatic heterocycles. The van der Waals surface area contributed by atoms with Gasteiger partial charge < -0.3 is 25.6 Å². The third-order valence-electron chi connectivity index (χ3n) is 6.01. The molecule has 1 aliphatic rings. The van der Waals surface area contributed by atoms with Crippen molar-refractivity contribution in [2.45, 2.75) is 13.8 Å². The van der Waals surface area contributed by atoms with Crippen LogP contribution < -0.4 is 20.7 Å². The number of primary amides is 1. The second-order valence-corrected chi connectivity index (χ2v) is 8.13. The number of pyridine rings is 1. The highest BCUT2D eigenvalue weighted by molar-refractivity contribution is 6.08. The van der Waals surface area contributed by atoms with E-state index < -0.39 is 5.91 Å². The first-order valence-electron chi connectivity index (χ1n) is 10.5. The van der Waals surface area contributed by atoms with Gasteiger partial charge in [0.05, 0.1) is 29.6 Å². The second kappa shape index (κ2) is 8.43. The van der Waals surface area contributed by atoms with E-state index in [0.29, 0.717) is 11.3 Å². The first-order valence-corrected chi connectivity index (χ1v) is 10.5. The number of nitrogens with two attached hydrogens (primary N) is 1. The van der Waals surface area contributed by atoms with Crippen LogP contribution in [0.5, 0.6) is 5.75 Å². The molecule has 7 heteroatoms. The van der Waals surface area contributed by atoms with Crippen LogP contribution in [0.4, 0.5) is 17.1 Å². The monoisotopic (exact) mass is 419 g/mol. The van der Waals surface area contributed by atoms with Crippen molar-refractivity contribution in [3.63, 3.8) is 0 Å². The zero-order valence-electron chi connectivity index (χ0n) is 18.5. The molecular formula is C24H29N5O2. The van der Waals surface area contributed by atoms with Crippen LogP contribution in [0.15, 0.2) is 36.5 Å². The minimum absolute atomic E-state index is 0.365. The number of piperazine rings is 1. The maximum Gasteiger partial charge on any atom is 0.252 e. The van der Waals surface area contributed by atoms with Gasteiger partial charge in [-0.05, 0) is 38.1 Å². The average Bonchev–Trinajstić information content (AvgIpc) is 2.75. The molecule has 2 heterocycles. The molecule has 2 aromatic carbocycles. The summed E-state index contributed by atoms with van der Waals surface area (Å²) in [5.74, 6) is 0.259. The molecule has 0 spiro atoms. The maximum atomic E-state index is 12.3. The van der Waals surface area contributed by atoms with Crippen LogP contribution in [0, 0.1) is 13.8 Å². The summed E-state index contributed by atoms with van der Waals surface area (Å²) in [6.45, 7) is 7.85. The van der Waals surface area contributed by atoms with Crippen molar-refractivity contribution in [2.75, 3.05) is 50.6 Å². The lowest BCUT2D eigenvalue weighted by molar-refractivity contribution is 0.100. The number of ether oxygens (including phenoxy) is 1. The minimum Gasteiger partial charge on any atom is -0.495 e. The topological polar surface area (TPSA) is 83.7 Å². The number of likely N-dealkylation sites (N-methyl/N-ethyl adjacent to an activating group) is 1. The smallest absolute Gasteiger partial charge is 0.252 e. The third kappa shape index (κ3) is 4.01. The number of carbonyl (C=O) groups is 1. The van der Waals surface area contributed by atoms with Gasteiger partial charge in [-0.3, -0.25) is 9.78 Å². The molecule has 0 radical (unpaired) electrons. The Kier molecular flexibility index (Phi) is 5.69. The first kappa shape index (κ1) is 20.9. The zero-order chi connectivity index (χ0) is 22.1. The molecule has 31 heavy (non-hydrogen) atoms. The van der Waals surface area contributed by atoms with E-state index in [0.717, 1.165) is 65.3 Å². The molecule has 162 valence electrons. The van der Waals surface area contributed by atoms with E-state index in [1.54, 1.807) is 7.11 Å². The van der Waals surface area contributed by atoms with Crippen molar-refractivity contribution >= 4 is 33.9 Å². The summed E-state index contributed by atoms with van der Waals surface area (Å²) in [5, 5.41) is 4.34. The number of benzene rings is 2. The first-order chi connectivity index (χ1) is 14.9. The number of aryl methyl sites for hydroxylation is 2. The molecule has 4 rings (SSSR count). The number of hydrogen-bond acceptors (Lipinski definition) is 6. The summed E-state index contributed by atoms with van der Waals surface area (Å²) in [4.78, 5) is 21.4. The molecule has 0 bridgehead atoms. The molecular weight excluding hydrogens is 390 g/mol. The number of carbonyl (C=O) groups excluding carboxylic acids is 1. The summed E-state index contributed by atoms with van der Waals surface area (Å²) >= 11 is 0. The van der Waals surface area contributed by atoms with Crippen LogP contribution >= 0.6 is 0 Å². The van der Waals surface area contributed by atoms with E-state index in [1.807, 2.05) is 38.1 Å². The lowest BCUT2D eigenvalue weighted by atomic mass is 10.0. The number of nitrogens with zero attached hydrogens (tertiary/aromatic N) is 3. The van der Waals surface area contributed by atoms with Crippen molar-refractivity contribution in [3.8, 4) is 5.75 Å². The quantitative estimate of drug-likeness (QED) is 0.659. The largest absolute Gasteiger partial charge is 0.495 e. The predicted molar refractivity (Wildman–Crippen MR) is 126 cm³/mol. The molecule has 1 fully saturated rings. The molecule has 0 atom stereocenters. The van der Waals surface area contributed by atoms with Gasteiger partial charge in [-0.15, -0.1) is 0 Å². The molecule has 3 N–H and O–H groups in total. The number of para-hydroxylation sites is 1. The third-order valence-corrected chi connectivity index (χ3v) is 6.01. The van der Waals surface area contributed by atoms with Crippen molar-refractivity contribution in [3.05, 3.63) is 53.2 Å². The van der Waals surface area contributed by atoms with Crippen LogP contribution in [-0.2, 0) is 0 Å². The van der Waals surface area contributed by atoms with Gasteiger partial charge in [-0.1, -0.05) is 18.2 Å². The van der Waals surface area contributed by atoms with E-state index in [9.17, 15) is 4.79 Å². The summed E-state index contributed by atoms with van der Waals surface area (Å²) in [7, 11) is 3.80. The molecule has 0 saturated carbocycles. The average molecular weight is 420 g/mol. The van der Waals surface area contributed by atoms with Gasteiger partial charge in [-0.25, -0.2) is 0 Å². The van der Waals surface area contributed by atoms with E-state index in [2.05, 4.69) is 33.2 Å². The molecule has 0 unspecified atom stereocenters. The molecule has 1 aromatic heterocycles. The van der Waals surface area contributed by atoms with Gasteiger partial charge in [-0.2, -0.15) is 0 Å². The Morgan fingerprint density at radius 3 is 2.39 bits per heavy atom. The van der Waals surface area contributed by atoms with Gasteiger partial charge in [0.2, 0.25) is 0 Å². The molecule has 1 saturated heterocycles. The second-order valence-electron chi connectivity index (χ2n) is 8.13. The Labute approximate surface area is 182 Å². The summed E-state index contributed by atoms with van der Waals surface area (Å²) in [6.07, 6.45) is 1.54. The van der Waals surface area contributed by atoms with Gasteiger partial charge >= 0.3 is 0 Å². The Bertz CT molecular complexity index is 1120. The number of methoxy groups -OCH3 is 1. The Hall–Kier alpha value is -3.32. The number of rotatable bonds is 5. The van der Waals surface area contributed by atoms with Gasteiger partial charge in [0, 0.05) is 49.5 Å². The number of nitrogens with one attached hydrogen (secondary N) is 1. The van der Waals surface area contributed by atoms with Crippen LogP contribution in [-0.4, -0.2) is 56.1 Å². The number of amides is 1. The Morgan fingerprint density at radius 1 is 1.10 bits per heavy atom.